The second-order valence-electron chi connectivity index (χ2n) is 5.65. The lowest BCUT2D eigenvalue weighted by Gasteiger charge is -2.24. The summed E-state index contributed by atoms with van der Waals surface area (Å²) >= 11 is 0. The molecular weight excluding hydrogens is 308 g/mol. The van der Waals surface area contributed by atoms with E-state index < -0.39 is 11.9 Å². The van der Waals surface area contributed by atoms with Gasteiger partial charge in [-0.1, -0.05) is 30.3 Å². The van der Waals surface area contributed by atoms with Gasteiger partial charge in [-0.15, -0.1) is 0 Å². The van der Waals surface area contributed by atoms with Crippen molar-refractivity contribution in [2.45, 2.75) is 25.0 Å². The number of ether oxygens (including phenoxy) is 1. The first-order valence-electron chi connectivity index (χ1n) is 7.82. The van der Waals surface area contributed by atoms with Crippen LogP contribution in [-0.4, -0.2) is 34.7 Å². The minimum Gasteiger partial charge on any atom is -0.478 e. The van der Waals surface area contributed by atoms with E-state index in [2.05, 4.69) is 10.3 Å². The van der Waals surface area contributed by atoms with E-state index in [4.69, 9.17) is 9.84 Å². The maximum atomic E-state index is 12.5. The number of pyridine rings is 1. The third kappa shape index (κ3) is 3.60. The standard InChI is InChI=1S/C18H18N2O4/c21-17(14-11-13(18(22)23)8-9-19-14)20-16(15-7-4-10-24-15)12-5-2-1-3-6-12/h1-3,5-6,8-9,11,15-16H,4,7,10H2,(H,20,21)(H,22,23). The highest BCUT2D eigenvalue weighted by atomic mass is 16.5. The maximum absolute atomic E-state index is 12.5. The van der Waals surface area contributed by atoms with E-state index in [-0.39, 0.29) is 23.4 Å². The van der Waals surface area contributed by atoms with Crippen molar-refractivity contribution < 1.29 is 19.4 Å². The van der Waals surface area contributed by atoms with Crippen molar-refractivity contribution in [3.8, 4) is 0 Å². The Kier molecular flexibility index (Phi) is 4.86. The number of amides is 1. The van der Waals surface area contributed by atoms with Crippen LogP contribution in [0.2, 0.25) is 0 Å². The fourth-order valence-corrected chi connectivity index (χ4v) is 2.82. The first kappa shape index (κ1) is 16.1. The van der Waals surface area contributed by atoms with E-state index in [0.29, 0.717) is 6.61 Å². The molecule has 1 saturated heterocycles. The number of nitrogens with zero attached hydrogens (tertiary/aromatic N) is 1. The second-order valence-corrected chi connectivity index (χ2v) is 5.65. The van der Waals surface area contributed by atoms with Gasteiger partial charge in [-0.3, -0.25) is 9.78 Å². The minimum absolute atomic E-state index is 0.0310. The largest absolute Gasteiger partial charge is 0.478 e. The van der Waals surface area contributed by atoms with Crippen molar-refractivity contribution in [2.75, 3.05) is 6.61 Å². The summed E-state index contributed by atoms with van der Waals surface area (Å²) in [6, 6.07) is 11.9. The quantitative estimate of drug-likeness (QED) is 0.881. The van der Waals surface area contributed by atoms with Gasteiger partial charge in [0.25, 0.3) is 5.91 Å². The zero-order chi connectivity index (χ0) is 16.9. The highest BCUT2D eigenvalue weighted by Gasteiger charge is 2.29. The number of hydrogen-bond donors (Lipinski definition) is 2. The van der Waals surface area contributed by atoms with Crippen LogP contribution in [0.5, 0.6) is 0 Å². The Hall–Kier alpha value is -2.73. The molecule has 2 N–H and O–H groups in total. The Morgan fingerprint density at radius 2 is 2.04 bits per heavy atom. The van der Waals surface area contributed by atoms with Crippen LogP contribution < -0.4 is 5.32 Å². The summed E-state index contributed by atoms with van der Waals surface area (Å²) < 4.78 is 5.74. The molecule has 2 heterocycles. The zero-order valence-electron chi connectivity index (χ0n) is 13.0. The number of rotatable bonds is 5. The van der Waals surface area contributed by atoms with Crippen molar-refractivity contribution in [1.29, 1.82) is 0 Å². The highest BCUT2D eigenvalue weighted by molar-refractivity contribution is 5.96. The van der Waals surface area contributed by atoms with Crippen LogP contribution in [0, 0.1) is 0 Å². The topological polar surface area (TPSA) is 88.5 Å². The van der Waals surface area contributed by atoms with Gasteiger partial charge in [0.15, 0.2) is 0 Å². The zero-order valence-corrected chi connectivity index (χ0v) is 13.0. The molecule has 124 valence electrons. The van der Waals surface area contributed by atoms with Gasteiger partial charge in [-0.05, 0) is 30.5 Å². The molecule has 1 aliphatic heterocycles. The molecule has 6 heteroatoms. The molecule has 6 nitrogen and oxygen atoms in total. The van der Waals surface area contributed by atoms with Crippen molar-refractivity contribution in [1.82, 2.24) is 10.3 Å². The third-order valence-corrected chi connectivity index (χ3v) is 4.02. The van der Waals surface area contributed by atoms with Crippen molar-refractivity contribution in [3.63, 3.8) is 0 Å². The third-order valence-electron chi connectivity index (χ3n) is 4.02. The van der Waals surface area contributed by atoms with Crippen molar-refractivity contribution in [2.24, 2.45) is 0 Å². The summed E-state index contributed by atoms with van der Waals surface area (Å²) in [4.78, 5) is 27.6. The first-order chi connectivity index (χ1) is 11.6. The molecule has 3 rings (SSSR count). The monoisotopic (exact) mass is 326 g/mol. The van der Waals surface area contributed by atoms with E-state index in [9.17, 15) is 9.59 Å². The molecular formula is C18H18N2O4. The number of carbonyl (C=O) groups excluding carboxylic acids is 1. The van der Waals surface area contributed by atoms with Crippen molar-refractivity contribution in [3.05, 3.63) is 65.5 Å². The number of carbonyl (C=O) groups is 2. The molecule has 2 unspecified atom stereocenters. The summed E-state index contributed by atoms with van der Waals surface area (Å²) in [6.45, 7) is 0.677. The molecule has 1 aromatic heterocycles. The molecule has 1 aromatic carbocycles. The van der Waals surface area contributed by atoms with E-state index in [1.807, 2.05) is 30.3 Å². The molecule has 1 amide bonds. The summed E-state index contributed by atoms with van der Waals surface area (Å²) in [5.74, 6) is -1.51. The van der Waals surface area contributed by atoms with Gasteiger partial charge in [-0.25, -0.2) is 4.79 Å². The lowest BCUT2D eigenvalue weighted by atomic mass is 9.99. The fraction of sp³-hybridized carbons (Fsp3) is 0.278. The number of hydrogen-bond acceptors (Lipinski definition) is 4. The lowest BCUT2D eigenvalue weighted by molar-refractivity contribution is 0.0669. The van der Waals surface area contributed by atoms with E-state index in [1.165, 1.54) is 18.3 Å². The molecule has 2 aromatic rings. The van der Waals surface area contributed by atoms with Gasteiger partial charge in [-0.2, -0.15) is 0 Å². The Morgan fingerprint density at radius 1 is 1.25 bits per heavy atom. The SMILES string of the molecule is O=C(O)c1ccnc(C(=O)NC(c2ccccc2)C2CCCO2)c1. The van der Waals surface area contributed by atoms with Gasteiger partial charge < -0.3 is 15.2 Å². The maximum Gasteiger partial charge on any atom is 0.335 e. The molecule has 0 spiro atoms. The highest BCUT2D eigenvalue weighted by Crippen LogP contribution is 2.27. The number of nitrogens with one attached hydrogen (secondary N) is 1. The average molecular weight is 326 g/mol. The van der Waals surface area contributed by atoms with Crippen LogP contribution >= 0.6 is 0 Å². The predicted octanol–water partition coefficient (Wildman–Crippen LogP) is 2.43. The fourth-order valence-electron chi connectivity index (χ4n) is 2.82. The first-order valence-corrected chi connectivity index (χ1v) is 7.82. The summed E-state index contributed by atoms with van der Waals surface area (Å²) in [5, 5.41) is 12.0. The van der Waals surface area contributed by atoms with Crippen LogP contribution in [0.15, 0.2) is 48.7 Å². The predicted molar refractivity (Wildman–Crippen MR) is 86.8 cm³/mol. The Bertz CT molecular complexity index is 727. The van der Waals surface area contributed by atoms with Gasteiger partial charge in [0.2, 0.25) is 0 Å². The Labute approximate surface area is 139 Å². The van der Waals surface area contributed by atoms with E-state index in [1.54, 1.807) is 0 Å². The second kappa shape index (κ2) is 7.23. The summed E-state index contributed by atoms with van der Waals surface area (Å²) in [5.41, 5.74) is 1.06. The number of benzene rings is 1. The van der Waals surface area contributed by atoms with Gasteiger partial charge in [0.1, 0.15) is 5.69 Å². The van der Waals surface area contributed by atoms with Crippen molar-refractivity contribution >= 4 is 11.9 Å². The van der Waals surface area contributed by atoms with Crippen LogP contribution in [-0.2, 0) is 4.74 Å². The van der Waals surface area contributed by atoms with E-state index >= 15 is 0 Å². The van der Waals surface area contributed by atoms with Gasteiger partial charge in [0, 0.05) is 12.8 Å². The number of carboxylic acids is 1. The Morgan fingerprint density at radius 3 is 2.71 bits per heavy atom. The normalized spacial score (nSPS) is 18.1. The molecule has 0 bridgehead atoms. The average Bonchev–Trinajstić information content (AvgIpc) is 3.14. The lowest BCUT2D eigenvalue weighted by Crippen LogP contribution is -2.36. The summed E-state index contributed by atoms with van der Waals surface area (Å²) in [6.07, 6.45) is 3.04. The molecule has 1 aliphatic rings. The van der Waals surface area contributed by atoms with Crippen LogP contribution in [0.25, 0.3) is 0 Å². The molecule has 0 radical (unpaired) electrons. The molecule has 0 aliphatic carbocycles. The van der Waals surface area contributed by atoms with Gasteiger partial charge >= 0.3 is 5.97 Å². The summed E-state index contributed by atoms with van der Waals surface area (Å²) in [7, 11) is 0. The smallest absolute Gasteiger partial charge is 0.335 e. The molecule has 2 atom stereocenters. The number of aromatic carboxylic acids is 1. The van der Waals surface area contributed by atoms with Crippen LogP contribution in [0.1, 0.15) is 45.3 Å². The number of aromatic nitrogens is 1. The Balaban J connectivity index is 1.83. The molecule has 1 fully saturated rings. The molecule has 24 heavy (non-hydrogen) atoms. The molecule has 0 saturated carbocycles. The van der Waals surface area contributed by atoms with Crippen LogP contribution in [0.4, 0.5) is 0 Å². The van der Waals surface area contributed by atoms with Crippen LogP contribution in [0.3, 0.4) is 0 Å². The van der Waals surface area contributed by atoms with Gasteiger partial charge in [0.05, 0.1) is 17.7 Å². The number of carboxylic acid groups (broad SMARTS) is 1. The minimum atomic E-state index is -1.09. The van der Waals surface area contributed by atoms with E-state index in [0.717, 1.165) is 18.4 Å².